The van der Waals surface area contributed by atoms with Gasteiger partial charge >= 0.3 is 6.18 Å². The van der Waals surface area contributed by atoms with E-state index in [9.17, 15) is 22.8 Å². The van der Waals surface area contributed by atoms with Gasteiger partial charge in [0.1, 0.15) is 11.8 Å². The molecule has 1 spiro atoms. The molecular weight excluding hydrogens is 397 g/mol. The number of ether oxygens (including phenoxy) is 1. The number of nitrogens with one attached hydrogen (secondary N) is 1. The number of alkyl halides is 3. The molecule has 2 amide bonds. The lowest BCUT2D eigenvalue weighted by atomic mass is 9.83. The molecule has 8 heteroatoms. The summed E-state index contributed by atoms with van der Waals surface area (Å²) in [5.74, 6) is -0.649. The summed E-state index contributed by atoms with van der Waals surface area (Å²) in [6.45, 7) is 5.90. The molecule has 0 bridgehead atoms. The summed E-state index contributed by atoms with van der Waals surface area (Å²) in [7, 11) is 0. The number of carbonyl (C=O) groups is 2. The second-order valence-electron chi connectivity index (χ2n) is 8.55. The molecule has 1 N–H and O–H groups in total. The first-order valence-electron chi connectivity index (χ1n) is 10.5. The molecule has 1 aromatic carbocycles. The molecule has 2 fully saturated rings. The zero-order valence-electron chi connectivity index (χ0n) is 17.6. The Morgan fingerprint density at radius 1 is 1.37 bits per heavy atom. The first-order chi connectivity index (χ1) is 14.1. The zero-order chi connectivity index (χ0) is 22.1. The van der Waals surface area contributed by atoms with Gasteiger partial charge in [0.25, 0.3) is 5.91 Å². The van der Waals surface area contributed by atoms with E-state index in [1.807, 2.05) is 13.8 Å². The Balaban J connectivity index is 1.97. The van der Waals surface area contributed by atoms with E-state index in [1.54, 1.807) is 0 Å². The Kier molecular flexibility index (Phi) is 6.45. The zero-order valence-corrected chi connectivity index (χ0v) is 17.6. The van der Waals surface area contributed by atoms with Crippen molar-refractivity contribution in [2.24, 2.45) is 5.92 Å². The second kappa shape index (κ2) is 8.57. The highest BCUT2D eigenvalue weighted by Crippen LogP contribution is 2.43. The summed E-state index contributed by atoms with van der Waals surface area (Å²) in [5.41, 5.74) is -1.94. The summed E-state index contributed by atoms with van der Waals surface area (Å²) in [6, 6.07) is 3.42. The van der Waals surface area contributed by atoms with E-state index in [0.717, 1.165) is 31.4 Å². The summed E-state index contributed by atoms with van der Waals surface area (Å²) >= 11 is 0. The molecule has 1 aliphatic carbocycles. The fourth-order valence-corrected chi connectivity index (χ4v) is 4.42. The van der Waals surface area contributed by atoms with Crippen molar-refractivity contribution in [3.8, 4) is 0 Å². The van der Waals surface area contributed by atoms with Crippen molar-refractivity contribution in [1.82, 2.24) is 10.2 Å². The van der Waals surface area contributed by atoms with Crippen LogP contribution in [-0.2, 0) is 15.7 Å². The van der Waals surface area contributed by atoms with Gasteiger partial charge in [0.05, 0.1) is 12.2 Å². The molecule has 166 valence electrons. The van der Waals surface area contributed by atoms with Gasteiger partial charge in [-0.05, 0) is 56.7 Å². The Hall–Kier alpha value is -2.09. The number of rotatable bonds is 4. The Morgan fingerprint density at radius 2 is 2.10 bits per heavy atom. The van der Waals surface area contributed by atoms with Crippen molar-refractivity contribution < 1.29 is 27.5 Å². The van der Waals surface area contributed by atoms with Crippen LogP contribution in [0.4, 0.5) is 13.2 Å². The van der Waals surface area contributed by atoms with Gasteiger partial charge in [0, 0.05) is 11.6 Å². The van der Waals surface area contributed by atoms with Crippen LogP contribution >= 0.6 is 0 Å². The van der Waals surface area contributed by atoms with Gasteiger partial charge < -0.3 is 10.1 Å². The van der Waals surface area contributed by atoms with Gasteiger partial charge in [0.15, 0.2) is 0 Å². The van der Waals surface area contributed by atoms with E-state index < -0.39 is 29.4 Å². The standard InChI is InChI=1S/C22H29F3N2O3/c1-4-15(3)26-19(28)18-13-30-21(10-6-7-14(2)12-21)27(18)20(29)16-8-5-9-17(11-16)22(23,24)25/h5,8-9,11,14-15,18H,4,6-7,10,12-13H2,1-3H3,(H,26,28)/t14-,15-,18+,21-/m0/s1. The molecule has 3 rings (SSSR count). The predicted octanol–water partition coefficient (Wildman–Crippen LogP) is 4.37. The van der Waals surface area contributed by atoms with Crippen LogP contribution in [0.3, 0.4) is 0 Å². The maximum Gasteiger partial charge on any atom is 0.416 e. The number of hydrogen-bond donors (Lipinski definition) is 1. The molecule has 30 heavy (non-hydrogen) atoms. The van der Waals surface area contributed by atoms with Gasteiger partial charge in [-0.1, -0.05) is 26.3 Å². The minimum atomic E-state index is -4.55. The predicted molar refractivity (Wildman–Crippen MR) is 106 cm³/mol. The molecular formula is C22H29F3N2O3. The normalized spacial score (nSPS) is 27.9. The number of benzene rings is 1. The summed E-state index contributed by atoms with van der Waals surface area (Å²) in [5, 5.41) is 2.88. The van der Waals surface area contributed by atoms with Crippen LogP contribution in [0.15, 0.2) is 24.3 Å². The number of nitrogens with zero attached hydrogens (tertiary/aromatic N) is 1. The van der Waals surface area contributed by atoms with Gasteiger partial charge in [0.2, 0.25) is 5.91 Å². The average molecular weight is 426 g/mol. The van der Waals surface area contributed by atoms with Crippen LogP contribution in [0.2, 0.25) is 0 Å². The van der Waals surface area contributed by atoms with E-state index >= 15 is 0 Å². The smallest absolute Gasteiger partial charge is 0.353 e. The van der Waals surface area contributed by atoms with Crippen molar-refractivity contribution in [3.63, 3.8) is 0 Å². The van der Waals surface area contributed by atoms with E-state index in [2.05, 4.69) is 12.2 Å². The van der Waals surface area contributed by atoms with Gasteiger partial charge in [-0.25, -0.2) is 0 Å². The van der Waals surface area contributed by atoms with Crippen molar-refractivity contribution in [3.05, 3.63) is 35.4 Å². The lowest BCUT2D eigenvalue weighted by molar-refractivity contribution is -0.137. The van der Waals surface area contributed by atoms with Crippen LogP contribution < -0.4 is 5.32 Å². The van der Waals surface area contributed by atoms with E-state index in [0.29, 0.717) is 12.8 Å². The molecule has 1 saturated heterocycles. The van der Waals surface area contributed by atoms with Gasteiger partial charge in [-0.3, -0.25) is 14.5 Å². The molecule has 5 nitrogen and oxygen atoms in total. The summed E-state index contributed by atoms with van der Waals surface area (Å²) in [6.07, 6.45) is -0.890. The maximum atomic E-state index is 13.5. The largest absolute Gasteiger partial charge is 0.416 e. The number of hydrogen-bond acceptors (Lipinski definition) is 3. The van der Waals surface area contributed by atoms with E-state index in [4.69, 9.17) is 4.74 Å². The number of amides is 2. The lowest BCUT2D eigenvalue weighted by Crippen LogP contribution is -2.57. The van der Waals surface area contributed by atoms with Crippen molar-refractivity contribution >= 4 is 11.8 Å². The molecule has 0 radical (unpaired) electrons. The number of carbonyl (C=O) groups excluding carboxylic acids is 2. The highest BCUT2D eigenvalue weighted by molar-refractivity contribution is 5.98. The minimum Gasteiger partial charge on any atom is -0.353 e. The van der Waals surface area contributed by atoms with Crippen LogP contribution in [0.25, 0.3) is 0 Å². The first-order valence-corrected chi connectivity index (χ1v) is 10.5. The fraction of sp³-hybridized carbons (Fsp3) is 0.636. The third-order valence-electron chi connectivity index (χ3n) is 6.15. The second-order valence-corrected chi connectivity index (χ2v) is 8.55. The third kappa shape index (κ3) is 4.48. The third-order valence-corrected chi connectivity index (χ3v) is 6.15. The van der Waals surface area contributed by atoms with Crippen LogP contribution in [0.1, 0.15) is 68.8 Å². The minimum absolute atomic E-state index is 0.0414. The van der Waals surface area contributed by atoms with E-state index in [1.165, 1.54) is 17.0 Å². The molecule has 1 saturated carbocycles. The quantitative estimate of drug-likeness (QED) is 0.778. The molecule has 4 atom stereocenters. The Morgan fingerprint density at radius 3 is 2.73 bits per heavy atom. The summed E-state index contributed by atoms with van der Waals surface area (Å²) in [4.78, 5) is 27.8. The Labute approximate surface area is 175 Å². The van der Waals surface area contributed by atoms with Crippen molar-refractivity contribution in [2.75, 3.05) is 6.61 Å². The van der Waals surface area contributed by atoms with Gasteiger partial charge in [-0.2, -0.15) is 13.2 Å². The van der Waals surface area contributed by atoms with Crippen LogP contribution in [0.5, 0.6) is 0 Å². The number of halogens is 3. The topological polar surface area (TPSA) is 58.6 Å². The summed E-state index contributed by atoms with van der Waals surface area (Å²) < 4.78 is 45.6. The highest BCUT2D eigenvalue weighted by Gasteiger charge is 2.54. The fourth-order valence-electron chi connectivity index (χ4n) is 4.42. The lowest BCUT2D eigenvalue weighted by Gasteiger charge is -2.43. The molecule has 1 aromatic rings. The Bertz CT molecular complexity index is 798. The van der Waals surface area contributed by atoms with E-state index in [-0.39, 0.29) is 30.0 Å². The van der Waals surface area contributed by atoms with Crippen LogP contribution in [0, 0.1) is 5.92 Å². The molecule has 1 aliphatic heterocycles. The first kappa shape index (κ1) is 22.6. The molecule has 2 aliphatic rings. The molecule has 0 aromatic heterocycles. The van der Waals surface area contributed by atoms with Crippen molar-refractivity contribution in [2.45, 2.75) is 76.9 Å². The van der Waals surface area contributed by atoms with Gasteiger partial charge in [-0.15, -0.1) is 0 Å². The highest BCUT2D eigenvalue weighted by atomic mass is 19.4. The molecule has 0 unspecified atom stereocenters. The van der Waals surface area contributed by atoms with Crippen molar-refractivity contribution in [1.29, 1.82) is 0 Å². The molecule has 1 heterocycles. The SMILES string of the molecule is CC[C@H](C)NC(=O)[C@H]1CO[C@]2(CCC[C@H](C)C2)N1C(=O)c1cccc(C(F)(F)F)c1. The van der Waals surface area contributed by atoms with Crippen LogP contribution in [-0.4, -0.2) is 41.1 Å². The monoisotopic (exact) mass is 426 g/mol. The maximum absolute atomic E-state index is 13.5. The average Bonchev–Trinajstić information content (AvgIpc) is 3.04.